The molecule has 0 amide bonds. The van der Waals surface area contributed by atoms with Crippen LogP contribution in [0.2, 0.25) is 0 Å². The summed E-state index contributed by atoms with van der Waals surface area (Å²) in [6.07, 6.45) is 3.76. The van der Waals surface area contributed by atoms with Crippen LogP contribution in [0.3, 0.4) is 0 Å². The zero-order chi connectivity index (χ0) is 20.7. The number of aromatic nitrogens is 1. The third-order valence-corrected chi connectivity index (χ3v) is 5.10. The highest BCUT2D eigenvalue weighted by atomic mass is 16.5. The molecule has 0 aliphatic rings. The molecule has 2 aromatic carbocycles. The molecular formula is C22H22NO6+. The predicted molar refractivity (Wildman–Crippen MR) is 109 cm³/mol. The minimum Gasteiger partial charge on any atom is -0.507 e. The lowest BCUT2D eigenvalue weighted by Gasteiger charge is -2.15. The smallest absolute Gasteiger partial charge is 0.219 e. The van der Waals surface area contributed by atoms with Crippen molar-refractivity contribution in [3.8, 4) is 34.5 Å². The number of ether oxygens (including phenoxy) is 5. The zero-order valence-electron chi connectivity index (χ0n) is 16.9. The van der Waals surface area contributed by atoms with Gasteiger partial charge in [0, 0.05) is 29.0 Å². The van der Waals surface area contributed by atoms with Crippen LogP contribution >= 0.6 is 0 Å². The van der Waals surface area contributed by atoms with Gasteiger partial charge in [0.2, 0.25) is 11.3 Å². The standard InChI is InChI=1S/C22H21NO6/c1-25-18-9-13-12(21(28-4)22(18)29-5)6-7-23-11-15-14(8-16(13)23)20(27-3)19(26-2)10-17(15)24/h6-11H,1-5H3/p+1. The molecule has 0 bridgehead atoms. The van der Waals surface area contributed by atoms with Gasteiger partial charge in [-0.25, -0.2) is 0 Å². The number of nitrogens with zero attached hydrogens (tertiary/aromatic N) is 1. The maximum atomic E-state index is 10.5. The quantitative estimate of drug-likeness (QED) is 0.316. The highest BCUT2D eigenvalue weighted by Crippen LogP contribution is 2.45. The van der Waals surface area contributed by atoms with Gasteiger partial charge in [-0.05, 0) is 6.07 Å². The molecule has 2 aromatic heterocycles. The third kappa shape index (κ3) is 2.69. The summed E-state index contributed by atoms with van der Waals surface area (Å²) >= 11 is 0. The third-order valence-electron chi connectivity index (χ3n) is 5.10. The highest BCUT2D eigenvalue weighted by Gasteiger charge is 2.23. The molecule has 0 fully saturated rings. The summed E-state index contributed by atoms with van der Waals surface area (Å²) in [5.74, 6) is 2.79. The first-order valence-corrected chi connectivity index (χ1v) is 8.92. The number of hydrogen-bond acceptors (Lipinski definition) is 6. The molecule has 4 rings (SSSR count). The SMILES string of the molecule is COc1cc2c(cc[n+]3cc4c(O)cc(OC)c(OC)c4cc23)c(OC)c1OC. The monoisotopic (exact) mass is 396 g/mol. The van der Waals surface area contributed by atoms with Gasteiger partial charge in [0.25, 0.3) is 0 Å². The molecule has 2 heterocycles. The number of phenolic OH excluding ortho intramolecular Hbond substituents is 1. The Bertz CT molecular complexity index is 1250. The number of fused-ring (bicyclic) bond motifs is 4. The molecule has 0 saturated carbocycles. The lowest BCUT2D eigenvalue weighted by molar-refractivity contribution is -0.509. The zero-order valence-corrected chi connectivity index (χ0v) is 16.9. The van der Waals surface area contributed by atoms with E-state index in [2.05, 4.69) is 0 Å². The second-order valence-electron chi connectivity index (χ2n) is 6.45. The Morgan fingerprint density at radius 3 is 1.93 bits per heavy atom. The molecular weight excluding hydrogens is 374 g/mol. The van der Waals surface area contributed by atoms with Gasteiger partial charge in [0.05, 0.1) is 46.3 Å². The fraction of sp³-hybridized carbons (Fsp3) is 0.227. The molecule has 29 heavy (non-hydrogen) atoms. The lowest BCUT2D eigenvalue weighted by Crippen LogP contribution is -2.21. The second kappa shape index (κ2) is 7.09. The summed E-state index contributed by atoms with van der Waals surface area (Å²) in [5.41, 5.74) is 0.875. The van der Waals surface area contributed by atoms with E-state index >= 15 is 0 Å². The van der Waals surface area contributed by atoms with Crippen LogP contribution in [0.25, 0.3) is 27.1 Å². The molecule has 0 spiro atoms. The normalized spacial score (nSPS) is 11.1. The maximum absolute atomic E-state index is 10.5. The van der Waals surface area contributed by atoms with E-state index in [1.807, 2.05) is 35.0 Å². The molecule has 0 radical (unpaired) electrons. The number of pyridine rings is 2. The molecule has 7 nitrogen and oxygen atoms in total. The summed E-state index contributed by atoms with van der Waals surface area (Å²) in [4.78, 5) is 0. The summed E-state index contributed by atoms with van der Waals surface area (Å²) in [5, 5.41) is 13.6. The Hall–Kier alpha value is -3.61. The van der Waals surface area contributed by atoms with Crippen LogP contribution in [0.5, 0.6) is 34.5 Å². The van der Waals surface area contributed by atoms with Gasteiger partial charge < -0.3 is 28.8 Å². The van der Waals surface area contributed by atoms with Crippen LogP contribution in [0.15, 0.2) is 36.7 Å². The predicted octanol–water partition coefficient (Wildman–Crippen LogP) is 3.48. The van der Waals surface area contributed by atoms with Gasteiger partial charge in [0.15, 0.2) is 35.4 Å². The fourth-order valence-electron chi connectivity index (χ4n) is 3.77. The Labute approximate surface area is 167 Å². The van der Waals surface area contributed by atoms with Gasteiger partial charge in [-0.15, -0.1) is 0 Å². The van der Waals surface area contributed by atoms with E-state index in [1.165, 1.54) is 7.11 Å². The van der Waals surface area contributed by atoms with E-state index in [0.717, 1.165) is 21.7 Å². The molecule has 1 N–H and O–H groups in total. The van der Waals surface area contributed by atoms with Crippen molar-refractivity contribution >= 4 is 27.1 Å². The Balaban J connectivity index is 2.20. The number of hydrogen-bond donors (Lipinski definition) is 1. The van der Waals surface area contributed by atoms with Crippen molar-refractivity contribution < 1.29 is 33.2 Å². The van der Waals surface area contributed by atoms with E-state index in [9.17, 15) is 5.11 Å². The van der Waals surface area contributed by atoms with Crippen LogP contribution in [-0.2, 0) is 0 Å². The number of aromatic hydroxyl groups is 1. The van der Waals surface area contributed by atoms with Gasteiger partial charge in [-0.3, -0.25) is 0 Å². The van der Waals surface area contributed by atoms with E-state index in [-0.39, 0.29) is 5.75 Å². The van der Waals surface area contributed by atoms with Gasteiger partial charge in [-0.2, -0.15) is 4.40 Å². The van der Waals surface area contributed by atoms with Crippen LogP contribution in [0.4, 0.5) is 0 Å². The molecule has 7 heteroatoms. The average Bonchev–Trinajstić information content (AvgIpc) is 2.76. The molecule has 0 unspecified atom stereocenters. The average molecular weight is 396 g/mol. The number of methoxy groups -OCH3 is 5. The number of benzene rings is 2. The molecule has 0 saturated heterocycles. The highest BCUT2D eigenvalue weighted by molar-refractivity contribution is 6.04. The summed E-state index contributed by atoms with van der Waals surface area (Å²) in [6.45, 7) is 0. The van der Waals surface area contributed by atoms with Gasteiger partial charge in [-0.1, -0.05) is 0 Å². The lowest BCUT2D eigenvalue weighted by atomic mass is 10.0. The van der Waals surface area contributed by atoms with E-state index in [0.29, 0.717) is 34.1 Å². The number of rotatable bonds is 5. The second-order valence-corrected chi connectivity index (χ2v) is 6.45. The minimum atomic E-state index is 0.108. The summed E-state index contributed by atoms with van der Waals surface area (Å²) in [7, 11) is 7.88. The molecule has 150 valence electrons. The van der Waals surface area contributed by atoms with Crippen LogP contribution in [0.1, 0.15) is 0 Å². The van der Waals surface area contributed by atoms with E-state index in [4.69, 9.17) is 23.7 Å². The summed E-state index contributed by atoms with van der Waals surface area (Å²) < 4.78 is 29.5. The van der Waals surface area contributed by atoms with Crippen molar-refractivity contribution in [3.63, 3.8) is 0 Å². The fourth-order valence-corrected chi connectivity index (χ4v) is 3.77. The molecule has 0 aliphatic carbocycles. The Kier molecular flexibility index (Phi) is 4.58. The van der Waals surface area contributed by atoms with Crippen molar-refractivity contribution in [2.24, 2.45) is 0 Å². The van der Waals surface area contributed by atoms with Crippen molar-refractivity contribution in [2.75, 3.05) is 35.5 Å². The van der Waals surface area contributed by atoms with Crippen LogP contribution in [-0.4, -0.2) is 40.7 Å². The Morgan fingerprint density at radius 2 is 1.31 bits per heavy atom. The first kappa shape index (κ1) is 18.7. The Morgan fingerprint density at radius 1 is 0.655 bits per heavy atom. The topological polar surface area (TPSA) is 70.5 Å². The van der Waals surface area contributed by atoms with Crippen molar-refractivity contribution in [1.82, 2.24) is 0 Å². The molecule has 0 atom stereocenters. The first-order valence-electron chi connectivity index (χ1n) is 8.92. The molecule has 4 aromatic rings. The van der Waals surface area contributed by atoms with Gasteiger partial charge in [0.1, 0.15) is 5.75 Å². The van der Waals surface area contributed by atoms with Crippen molar-refractivity contribution in [1.29, 1.82) is 0 Å². The maximum Gasteiger partial charge on any atom is 0.219 e. The van der Waals surface area contributed by atoms with E-state index in [1.54, 1.807) is 34.5 Å². The van der Waals surface area contributed by atoms with Crippen LogP contribution < -0.4 is 28.1 Å². The van der Waals surface area contributed by atoms with Crippen molar-refractivity contribution in [2.45, 2.75) is 0 Å². The molecule has 0 aliphatic heterocycles. The van der Waals surface area contributed by atoms with Gasteiger partial charge >= 0.3 is 0 Å². The largest absolute Gasteiger partial charge is 0.507 e. The minimum absolute atomic E-state index is 0.108. The number of phenols is 1. The summed E-state index contributed by atoms with van der Waals surface area (Å²) in [6, 6.07) is 7.34. The first-order chi connectivity index (χ1) is 14.1. The van der Waals surface area contributed by atoms with Crippen molar-refractivity contribution in [3.05, 3.63) is 36.7 Å². The van der Waals surface area contributed by atoms with Crippen LogP contribution in [0, 0.1) is 0 Å². The van der Waals surface area contributed by atoms with E-state index < -0.39 is 0 Å².